The van der Waals surface area contributed by atoms with Gasteiger partial charge >= 0.3 is 22.4 Å². The van der Waals surface area contributed by atoms with E-state index >= 15 is 0 Å². The monoisotopic (exact) mass is 419 g/mol. The zero-order chi connectivity index (χ0) is 20.4. The van der Waals surface area contributed by atoms with Gasteiger partial charge in [-0.15, -0.1) is 0 Å². The Hall–Kier alpha value is -0.930. The van der Waals surface area contributed by atoms with Crippen LogP contribution in [0.3, 0.4) is 0 Å². The van der Waals surface area contributed by atoms with Crippen molar-refractivity contribution in [1.29, 1.82) is 0 Å². The lowest BCUT2D eigenvalue weighted by Crippen LogP contribution is -2.58. The summed E-state index contributed by atoms with van der Waals surface area (Å²) in [6, 6.07) is 0. The third-order valence-corrected chi connectivity index (χ3v) is 7.94. The number of nitrogens with zero attached hydrogens (tertiary/aromatic N) is 1. The number of hydrogen-bond acceptors (Lipinski definition) is 9. The number of carbonyl (C=O) groups is 3. The van der Waals surface area contributed by atoms with Gasteiger partial charge in [0.25, 0.3) is 0 Å². The number of rotatable bonds is 7. The van der Waals surface area contributed by atoms with Crippen LogP contribution in [-0.4, -0.2) is 58.1 Å². The molecule has 0 aromatic rings. The second kappa shape index (κ2) is 8.61. The molecule has 7 nitrogen and oxygen atoms in total. The standard InChI is InChI=1S/C18H29NO6S2/c1-7-19(8-2)9-13(20)23-14-10-26-18(27-14)24-15(21)17(11(3)4,12(5)6)16(22)25-18/h11-12,14H,7-10H2,1-6H3. The van der Waals surface area contributed by atoms with Crippen molar-refractivity contribution in [2.45, 2.75) is 51.4 Å². The summed E-state index contributed by atoms with van der Waals surface area (Å²) in [5.74, 6) is -1.62. The van der Waals surface area contributed by atoms with Crippen LogP contribution in [0.4, 0.5) is 0 Å². The van der Waals surface area contributed by atoms with E-state index in [0.717, 1.165) is 36.6 Å². The molecule has 0 radical (unpaired) electrons. The molecular formula is C18H29NO6S2. The van der Waals surface area contributed by atoms with Crippen LogP contribution in [0.2, 0.25) is 0 Å². The van der Waals surface area contributed by atoms with Crippen LogP contribution in [0.15, 0.2) is 0 Å². The van der Waals surface area contributed by atoms with Crippen LogP contribution in [0.5, 0.6) is 0 Å². The van der Waals surface area contributed by atoms with Crippen molar-refractivity contribution in [3.05, 3.63) is 0 Å². The van der Waals surface area contributed by atoms with Gasteiger partial charge in [-0.05, 0) is 36.7 Å². The summed E-state index contributed by atoms with van der Waals surface area (Å²) in [6.07, 6.45) is 0. The summed E-state index contributed by atoms with van der Waals surface area (Å²) in [4.78, 5) is 39.8. The Morgan fingerprint density at radius 3 is 2.11 bits per heavy atom. The Labute approximate surface area is 169 Å². The molecule has 2 rings (SSSR count). The highest BCUT2D eigenvalue weighted by molar-refractivity contribution is 8.21. The maximum atomic E-state index is 12.9. The number of likely N-dealkylation sites (N-methyl/N-ethyl adjacent to an activating group) is 1. The SMILES string of the molecule is CCN(CC)CC(=O)OC1CSC2(OC(=O)C(C(C)C)(C(C)C)C(=O)O2)S1. The van der Waals surface area contributed by atoms with Gasteiger partial charge in [0.15, 0.2) is 10.9 Å². The summed E-state index contributed by atoms with van der Waals surface area (Å²) in [5.41, 5.74) is -1.85. The second-order valence-electron chi connectivity index (χ2n) is 7.27. The first-order valence-electron chi connectivity index (χ1n) is 9.31. The van der Waals surface area contributed by atoms with Crippen LogP contribution in [0.25, 0.3) is 0 Å². The van der Waals surface area contributed by atoms with Gasteiger partial charge in [0.05, 0.1) is 6.54 Å². The number of thioether (sulfide) groups is 2. The van der Waals surface area contributed by atoms with Crippen molar-refractivity contribution < 1.29 is 28.6 Å². The molecule has 2 heterocycles. The van der Waals surface area contributed by atoms with Gasteiger partial charge in [0.2, 0.25) is 0 Å². The van der Waals surface area contributed by atoms with E-state index in [1.807, 2.05) is 46.4 Å². The van der Waals surface area contributed by atoms with Crippen LogP contribution in [0.1, 0.15) is 41.5 Å². The molecule has 154 valence electrons. The molecule has 27 heavy (non-hydrogen) atoms. The quantitative estimate of drug-likeness (QED) is 0.457. The molecular weight excluding hydrogens is 390 g/mol. The molecule has 0 aromatic heterocycles. The minimum absolute atomic E-state index is 0.200. The Morgan fingerprint density at radius 1 is 1.15 bits per heavy atom. The molecule has 0 aliphatic carbocycles. The first-order chi connectivity index (χ1) is 12.6. The first-order valence-corrected chi connectivity index (χ1v) is 11.2. The maximum absolute atomic E-state index is 12.9. The Balaban J connectivity index is 2.05. The van der Waals surface area contributed by atoms with Gasteiger partial charge in [-0.1, -0.05) is 53.3 Å². The lowest BCUT2D eigenvalue weighted by atomic mass is 9.68. The third kappa shape index (κ3) is 4.24. The summed E-state index contributed by atoms with van der Waals surface area (Å²) >= 11 is 2.22. The average molecular weight is 420 g/mol. The summed E-state index contributed by atoms with van der Waals surface area (Å²) < 4.78 is 15.2. The van der Waals surface area contributed by atoms with Crippen LogP contribution in [0, 0.1) is 17.3 Å². The number of carbonyl (C=O) groups excluding carboxylic acids is 3. The molecule has 2 aliphatic heterocycles. The molecule has 2 saturated heterocycles. The van der Waals surface area contributed by atoms with Crippen molar-refractivity contribution in [2.24, 2.45) is 17.3 Å². The lowest BCUT2D eigenvalue weighted by Gasteiger charge is -2.44. The van der Waals surface area contributed by atoms with Crippen LogP contribution in [-0.2, 0) is 28.6 Å². The van der Waals surface area contributed by atoms with Crippen molar-refractivity contribution >= 4 is 41.4 Å². The number of ether oxygens (including phenoxy) is 3. The minimum atomic E-state index is -1.47. The Morgan fingerprint density at radius 2 is 1.67 bits per heavy atom. The third-order valence-electron chi connectivity index (χ3n) is 5.11. The molecule has 0 bridgehead atoms. The zero-order valence-corrected chi connectivity index (χ0v) is 18.4. The normalized spacial score (nSPS) is 23.8. The van der Waals surface area contributed by atoms with E-state index in [2.05, 4.69) is 0 Å². The van der Waals surface area contributed by atoms with Crippen molar-refractivity contribution in [2.75, 3.05) is 25.4 Å². The largest absolute Gasteiger partial charge is 0.449 e. The highest BCUT2D eigenvalue weighted by atomic mass is 32.2. The summed E-state index contributed by atoms with van der Waals surface area (Å²) in [6.45, 7) is 12.9. The fourth-order valence-corrected chi connectivity index (χ4v) is 6.16. The molecule has 2 fully saturated rings. The molecule has 2 aliphatic rings. The summed E-state index contributed by atoms with van der Waals surface area (Å²) in [7, 11) is 0. The van der Waals surface area contributed by atoms with E-state index in [1.54, 1.807) is 0 Å². The van der Waals surface area contributed by atoms with Gasteiger partial charge in [0.1, 0.15) is 0 Å². The van der Waals surface area contributed by atoms with E-state index in [1.165, 1.54) is 0 Å². The maximum Gasteiger partial charge on any atom is 0.362 e. The molecule has 0 N–H and O–H groups in total. The first kappa shape index (κ1) is 22.4. The molecule has 0 amide bonds. The molecule has 0 aromatic carbocycles. The highest BCUT2D eigenvalue weighted by Crippen LogP contribution is 2.56. The Kier molecular flexibility index (Phi) is 7.13. The van der Waals surface area contributed by atoms with Gasteiger partial charge < -0.3 is 14.2 Å². The second-order valence-corrected chi connectivity index (χ2v) is 9.98. The smallest absolute Gasteiger partial charge is 0.362 e. The lowest BCUT2D eigenvalue weighted by molar-refractivity contribution is -0.222. The van der Waals surface area contributed by atoms with E-state index in [0.29, 0.717) is 5.75 Å². The predicted octanol–water partition coefficient (Wildman–Crippen LogP) is 2.69. The fourth-order valence-electron chi connectivity index (χ4n) is 3.49. The van der Waals surface area contributed by atoms with Crippen molar-refractivity contribution in [3.8, 4) is 0 Å². The number of esters is 3. The fraction of sp³-hybridized carbons (Fsp3) is 0.833. The summed E-state index contributed by atoms with van der Waals surface area (Å²) in [5, 5.41) is 0. The van der Waals surface area contributed by atoms with E-state index in [-0.39, 0.29) is 24.3 Å². The van der Waals surface area contributed by atoms with Crippen molar-refractivity contribution in [3.63, 3.8) is 0 Å². The molecule has 1 atom stereocenters. The van der Waals surface area contributed by atoms with E-state index in [9.17, 15) is 14.4 Å². The molecule has 1 spiro atoms. The van der Waals surface area contributed by atoms with Crippen LogP contribution < -0.4 is 0 Å². The van der Waals surface area contributed by atoms with Gasteiger partial charge in [-0.25, -0.2) is 0 Å². The van der Waals surface area contributed by atoms with E-state index < -0.39 is 27.2 Å². The van der Waals surface area contributed by atoms with Gasteiger partial charge in [0, 0.05) is 5.75 Å². The molecule has 1 unspecified atom stereocenters. The van der Waals surface area contributed by atoms with Gasteiger partial charge in [-0.3, -0.25) is 19.3 Å². The predicted molar refractivity (Wildman–Crippen MR) is 105 cm³/mol. The number of hydrogen-bond donors (Lipinski definition) is 0. The highest BCUT2D eigenvalue weighted by Gasteiger charge is 2.64. The topological polar surface area (TPSA) is 82.1 Å². The molecule has 0 saturated carbocycles. The average Bonchev–Trinajstić information content (AvgIpc) is 2.93. The minimum Gasteiger partial charge on any atom is -0.449 e. The van der Waals surface area contributed by atoms with E-state index in [4.69, 9.17) is 14.2 Å². The molecule has 9 heteroatoms. The Bertz CT molecular complexity index is 562. The van der Waals surface area contributed by atoms with Crippen LogP contribution >= 0.6 is 23.5 Å². The zero-order valence-electron chi connectivity index (χ0n) is 16.8. The van der Waals surface area contributed by atoms with Gasteiger partial charge in [-0.2, -0.15) is 0 Å². The van der Waals surface area contributed by atoms with Crippen molar-refractivity contribution in [1.82, 2.24) is 4.90 Å².